The SMILES string of the molecule is CN(C)c1ncc(CN2CCCCC2CCc2ccc(O)cc2)s1. The van der Waals surface area contributed by atoms with Crippen molar-refractivity contribution in [2.24, 2.45) is 0 Å². The highest BCUT2D eigenvalue weighted by atomic mass is 32.1. The van der Waals surface area contributed by atoms with E-state index in [0.29, 0.717) is 11.8 Å². The summed E-state index contributed by atoms with van der Waals surface area (Å²) in [6.07, 6.45) is 8.22. The Labute approximate surface area is 148 Å². The minimum absolute atomic E-state index is 0.347. The van der Waals surface area contributed by atoms with Crippen LogP contribution >= 0.6 is 11.3 Å². The summed E-state index contributed by atoms with van der Waals surface area (Å²) in [4.78, 5) is 10.6. The molecule has 5 heteroatoms. The van der Waals surface area contributed by atoms with E-state index in [0.717, 1.165) is 18.1 Å². The van der Waals surface area contributed by atoms with Gasteiger partial charge in [-0.15, -0.1) is 11.3 Å². The first-order valence-electron chi connectivity index (χ1n) is 8.76. The van der Waals surface area contributed by atoms with Crippen LogP contribution in [0.25, 0.3) is 0 Å². The molecule has 0 saturated carbocycles. The van der Waals surface area contributed by atoms with Crippen molar-refractivity contribution < 1.29 is 5.11 Å². The second kappa shape index (κ2) is 7.99. The van der Waals surface area contributed by atoms with Crippen molar-refractivity contribution in [1.29, 1.82) is 0 Å². The second-order valence-electron chi connectivity index (χ2n) is 6.83. The van der Waals surface area contributed by atoms with Gasteiger partial charge in [0.15, 0.2) is 5.13 Å². The molecule has 2 heterocycles. The fourth-order valence-electron chi connectivity index (χ4n) is 3.37. The highest BCUT2D eigenvalue weighted by Gasteiger charge is 2.23. The van der Waals surface area contributed by atoms with Gasteiger partial charge >= 0.3 is 0 Å². The van der Waals surface area contributed by atoms with Crippen LogP contribution in [0.3, 0.4) is 0 Å². The lowest BCUT2D eigenvalue weighted by molar-refractivity contribution is 0.133. The van der Waals surface area contributed by atoms with Crippen molar-refractivity contribution in [3.8, 4) is 5.75 Å². The molecule has 130 valence electrons. The van der Waals surface area contributed by atoms with E-state index in [4.69, 9.17) is 0 Å². The molecular weight excluding hydrogens is 318 g/mol. The zero-order valence-corrected chi connectivity index (χ0v) is 15.4. The number of phenolic OH excluding ortho intramolecular Hbond substituents is 1. The number of piperidine rings is 1. The number of aryl methyl sites for hydroxylation is 1. The Morgan fingerprint density at radius 2 is 2.04 bits per heavy atom. The maximum atomic E-state index is 9.40. The maximum Gasteiger partial charge on any atom is 0.185 e. The fourth-order valence-corrected chi connectivity index (χ4v) is 4.23. The molecule has 1 fully saturated rings. The minimum atomic E-state index is 0.347. The number of thiazole rings is 1. The predicted molar refractivity (Wildman–Crippen MR) is 101 cm³/mol. The molecule has 1 aromatic heterocycles. The first-order chi connectivity index (χ1) is 11.6. The molecule has 1 N–H and O–H groups in total. The molecule has 0 aliphatic carbocycles. The molecule has 3 rings (SSSR count). The molecule has 2 aromatic rings. The predicted octanol–water partition coefficient (Wildman–Crippen LogP) is 3.90. The van der Waals surface area contributed by atoms with Gasteiger partial charge in [-0.2, -0.15) is 0 Å². The van der Waals surface area contributed by atoms with Crippen LogP contribution < -0.4 is 4.90 Å². The van der Waals surface area contributed by atoms with Crippen molar-refractivity contribution in [3.05, 3.63) is 40.9 Å². The van der Waals surface area contributed by atoms with Gasteiger partial charge in [-0.25, -0.2) is 4.98 Å². The van der Waals surface area contributed by atoms with E-state index in [9.17, 15) is 5.11 Å². The standard InChI is InChI=1S/C19H27N3OS/c1-21(2)19-20-13-18(24-19)14-22-12-4-3-5-16(22)9-6-15-7-10-17(23)11-8-15/h7-8,10-11,13,16,23H,3-6,9,12,14H2,1-2H3. The van der Waals surface area contributed by atoms with Crippen molar-refractivity contribution in [1.82, 2.24) is 9.88 Å². The highest BCUT2D eigenvalue weighted by Crippen LogP contribution is 2.27. The average molecular weight is 346 g/mol. The van der Waals surface area contributed by atoms with Crippen molar-refractivity contribution in [2.45, 2.75) is 44.7 Å². The lowest BCUT2D eigenvalue weighted by Crippen LogP contribution is -2.39. The van der Waals surface area contributed by atoms with Crippen LogP contribution in [0.5, 0.6) is 5.75 Å². The van der Waals surface area contributed by atoms with Crippen LogP contribution in [0.15, 0.2) is 30.5 Å². The summed E-state index contributed by atoms with van der Waals surface area (Å²) in [6, 6.07) is 8.30. The van der Waals surface area contributed by atoms with Crippen molar-refractivity contribution >= 4 is 16.5 Å². The summed E-state index contributed by atoms with van der Waals surface area (Å²) >= 11 is 1.80. The molecule has 1 atom stereocenters. The van der Waals surface area contributed by atoms with Gasteiger partial charge in [0, 0.05) is 37.8 Å². The third-order valence-electron chi connectivity index (χ3n) is 4.73. The topological polar surface area (TPSA) is 39.6 Å². The Morgan fingerprint density at radius 1 is 1.25 bits per heavy atom. The first-order valence-corrected chi connectivity index (χ1v) is 9.57. The Kier molecular flexibility index (Phi) is 5.74. The van der Waals surface area contributed by atoms with Crippen LogP contribution in [0.4, 0.5) is 5.13 Å². The van der Waals surface area contributed by atoms with Gasteiger partial charge in [0.05, 0.1) is 0 Å². The quantitative estimate of drug-likeness (QED) is 0.862. The molecule has 1 unspecified atom stereocenters. The summed E-state index contributed by atoms with van der Waals surface area (Å²) in [5.41, 5.74) is 1.31. The monoisotopic (exact) mass is 345 g/mol. The molecule has 1 aliphatic heterocycles. The molecule has 24 heavy (non-hydrogen) atoms. The van der Waals surface area contributed by atoms with Crippen LogP contribution in [0.1, 0.15) is 36.1 Å². The van der Waals surface area contributed by atoms with Gasteiger partial charge in [0.25, 0.3) is 0 Å². The summed E-state index contributed by atoms with van der Waals surface area (Å²) in [7, 11) is 4.09. The lowest BCUT2D eigenvalue weighted by atomic mass is 9.96. The molecule has 1 aromatic carbocycles. The van der Waals surface area contributed by atoms with E-state index in [1.165, 1.54) is 42.7 Å². The number of phenols is 1. The third kappa shape index (κ3) is 4.48. The zero-order chi connectivity index (χ0) is 16.9. The van der Waals surface area contributed by atoms with E-state index < -0.39 is 0 Å². The highest BCUT2D eigenvalue weighted by molar-refractivity contribution is 7.15. The van der Waals surface area contributed by atoms with Gasteiger partial charge < -0.3 is 10.0 Å². The molecule has 0 spiro atoms. The smallest absolute Gasteiger partial charge is 0.185 e. The summed E-state index contributed by atoms with van der Waals surface area (Å²) in [5.74, 6) is 0.347. The Balaban J connectivity index is 1.59. The number of aromatic nitrogens is 1. The van der Waals surface area contributed by atoms with Gasteiger partial charge in [-0.05, 0) is 49.9 Å². The van der Waals surface area contributed by atoms with Crippen LogP contribution in [-0.2, 0) is 13.0 Å². The van der Waals surface area contributed by atoms with Gasteiger partial charge in [-0.1, -0.05) is 18.6 Å². The van der Waals surface area contributed by atoms with Crippen molar-refractivity contribution in [3.63, 3.8) is 0 Å². The van der Waals surface area contributed by atoms with Gasteiger partial charge in [0.2, 0.25) is 0 Å². The van der Waals surface area contributed by atoms with Crippen LogP contribution in [0.2, 0.25) is 0 Å². The summed E-state index contributed by atoms with van der Waals surface area (Å²) < 4.78 is 0. The van der Waals surface area contributed by atoms with Gasteiger partial charge in [0.1, 0.15) is 5.75 Å². The normalized spacial score (nSPS) is 18.7. The summed E-state index contributed by atoms with van der Waals surface area (Å²) in [6.45, 7) is 2.21. The molecule has 0 bridgehead atoms. The molecule has 1 saturated heterocycles. The second-order valence-corrected chi connectivity index (χ2v) is 7.92. The Morgan fingerprint density at radius 3 is 2.75 bits per heavy atom. The average Bonchev–Trinajstić information content (AvgIpc) is 3.04. The maximum absolute atomic E-state index is 9.40. The van der Waals surface area contributed by atoms with E-state index in [1.807, 2.05) is 32.4 Å². The largest absolute Gasteiger partial charge is 0.508 e. The van der Waals surface area contributed by atoms with Gasteiger partial charge in [-0.3, -0.25) is 4.90 Å². The number of rotatable bonds is 6. The van der Waals surface area contributed by atoms with E-state index in [2.05, 4.69) is 14.8 Å². The summed E-state index contributed by atoms with van der Waals surface area (Å²) in [5, 5.41) is 10.5. The van der Waals surface area contributed by atoms with Crippen LogP contribution in [-0.4, -0.2) is 41.7 Å². The van der Waals surface area contributed by atoms with E-state index in [1.54, 1.807) is 23.5 Å². The van der Waals surface area contributed by atoms with Crippen LogP contribution in [0, 0.1) is 0 Å². The molecule has 4 nitrogen and oxygen atoms in total. The fraction of sp³-hybridized carbons (Fsp3) is 0.526. The zero-order valence-electron chi connectivity index (χ0n) is 14.6. The molecular formula is C19H27N3OS. The number of benzene rings is 1. The third-order valence-corrected chi connectivity index (χ3v) is 5.88. The molecule has 1 aliphatic rings. The lowest BCUT2D eigenvalue weighted by Gasteiger charge is -2.35. The van der Waals surface area contributed by atoms with E-state index in [-0.39, 0.29) is 0 Å². The van der Waals surface area contributed by atoms with Crippen molar-refractivity contribution in [2.75, 3.05) is 25.5 Å². The number of aromatic hydroxyl groups is 1. The Hall–Kier alpha value is -1.59. The number of likely N-dealkylation sites (tertiary alicyclic amines) is 1. The first kappa shape index (κ1) is 17.2. The Bertz CT molecular complexity index is 638. The number of hydrogen-bond donors (Lipinski definition) is 1. The number of anilines is 1. The van der Waals surface area contributed by atoms with E-state index >= 15 is 0 Å². The number of hydrogen-bond acceptors (Lipinski definition) is 5. The molecule has 0 amide bonds. The number of nitrogens with zero attached hydrogens (tertiary/aromatic N) is 3. The minimum Gasteiger partial charge on any atom is -0.508 e. The molecule has 0 radical (unpaired) electrons.